The Morgan fingerprint density at radius 1 is 1.35 bits per heavy atom. The maximum Gasteiger partial charge on any atom is 0.109 e. The van der Waals surface area contributed by atoms with Gasteiger partial charge in [-0.2, -0.15) is 0 Å². The summed E-state index contributed by atoms with van der Waals surface area (Å²) in [5.74, 6) is 2.90. The fourth-order valence-corrected chi connectivity index (χ4v) is 3.29. The summed E-state index contributed by atoms with van der Waals surface area (Å²) in [6.07, 6.45) is 8.60. The second-order valence-corrected chi connectivity index (χ2v) is 5.69. The molecule has 0 saturated carbocycles. The summed E-state index contributed by atoms with van der Waals surface area (Å²) in [5, 5.41) is 3.44. The zero-order valence-corrected chi connectivity index (χ0v) is 10.8. The minimum Gasteiger partial charge on any atom is -0.332 e. The number of rotatable bonds is 2. The van der Waals surface area contributed by atoms with Crippen LogP contribution in [0.4, 0.5) is 0 Å². The van der Waals surface area contributed by atoms with Gasteiger partial charge in [-0.15, -0.1) is 0 Å². The first-order chi connectivity index (χ1) is 8.34. The lowest BCUT2D eigenvalue weighted by atomic mass is 9.94. The highest BCUT2D eigenvalue weighted by atomic mass is 15.1. The van der Waals surface area contributed by atoms with Crippen LogP contribution in [0.2, 0.25) is 0 Å². The molecule has 94 valence electrons. The molecule has 1 aromatic rings. The molecule has 1 atom stereocenters. The summed E-state index contributed by atoms with van der Waals surface area (Å²) < 4.78 is 2.50. The summed E-state index contributed by atoms with van der Waals surface area (Å²) in [6, 6.07) is 0. The molecule has 1 aromatic heterocycles. The van der Waals surface area contributed by atoms with E-state index in [0.717, 1.165) is 5.92 Å². The van der Waals surface area contributed by atoms with Gasteiger partial charge in [-0.3, -0.25) is 0 Å². The smallest absolute Gasteiger partial charge is 0.109 e. The van der Waals surface area contributed by atoms with Gasteiger partial charge in [-0.1, -0.05) is 6.92 Å². The van der Waals surface area contributed by atoms with Crippen molar-refractivity contribution in [2.24, 2.45) is 5.92 Å². The molecule has 0 aromatic carbocycles. The van der Waals surface area contributed by atoms with E-state index in [1.54, 1.807) is 0 Å². The molecule has 1 N–H and O–H groups in total. The van der Waals surface area contributed by atoms with Crippen molar-refractivity contribution in [3.8, 4) is 0 Å². The topological polar surface area (TPSA) is 29.9 Å². The van der Waals surface area contributed by atoms with Crippen molar-refractivity contribution in [3.63, 3.8) is 0 Å². The summed E-state index contributed by atoms with van der Waals surface area (Å²) in [4.78, 5) is 4.68. The Kier molecular flexibility index (Phi) is 3.19. The molecule has 1 fully saturated rings. The molecule has 3 heteroatoms. The Hall–Kier alpha value is -0.830. The number of nitrogens with one attached hydrogen (secondary N) is 1. The number of hydrogen-bond donors (Lipinski definition) is 1. The van der Waals surface area contributed by atoms with Gasteiger partial charge in [0.1, 0.15) is 5.82 Å². The molecule has 3 heterocycles. The number of aromatic nitrogens is 2. The summed E-state index contributed by atoms with van der Waals surface area (Å²) in [7, 11) is 0. The molecule has 17 heavy (non-hydrogen) atoms. The monoisotopic (exact) mass is 233 g/mol. The Morgan fingerprint density at radius 2 is 2.18 bits per heavy atom. The Labute approximate surface area is 104 Å². The van der Waals surface area contributed by atoms with E-state index in [-0.39, 0.29) is 0 Å². The van der Waals surface area contributed by atoms with Crippen LogP contribution in [0.5, 0.6) is 0 Å². The van der Waals surface area contributed by atoms with Crippen LogP contribution in [0, 0.1) is 5.92 Å². The average molecular weight is 233 g/mol. The first-order valence-electron chi connectivity index (χ1n) is 7.09. The van der Waals surface area contributed by atoms with E-state index in [1.165, 1.54) is 63.3 Å². The van der Waals surface area contributed by atoms with E-state index in [4.69, 9.17) is 0 Å². The van der Waals surface area contributed by atoms with Crippen molar-refractivity contribution in [1.82, 2.24) is 14.9 Å². The Bertz CT molecular complexity index is 377. The second kappa shape index (κ2) is 4.81. The number of hydrogen-bond acceptors (Lipinski definition) is 2. The SMILES string of the molecule is CC1CCCn2c1cnc2CC1CCNCC1. The highest BCUT2D eigenvalue weighted by Crippen LogP contribution is 2.29. The third-order valence-electron chi connectivity index (χ3n) is 4.42. The zero-order chi connectivity index (χ0) is 11.7. The van der Waals surface area contributed by atoms with E-state index < -0.39 is 0 Å². The van der Waals surface area contributed by atoms with E-state index in [1.807, 2.05) is 0 Å². The van der Waals surface area contributed by atoms with Crippen LogP contribution in [0.25, 0.3) is 0 Å². The molecule has 2 aliphatic rings. The van der Waals surface area contributed by atoms with Gasteiger partial charge >= 0.3 is 0 Å². The molecular weight excluding hydrogens is 210 g/mol. The van der Waals surface area contributed by atoms with Gasteiger partial charge in [0.25, 0.3) is 0 Å². The number of fused-ring (bicyclic) bond motifs is 1. The normalized spacial score (nSPS) is 25.8. The lowest BCUT2D eigenvalue weighted by Gasteiger charge is -2.25. The van der Waals surface area contributed by atoms with Crippen molar-refractivity contribution in [2.75, 3.05) is 13.1 Å². The third kappa shape index (κ3) is 2.25. The molecule has 2 aliphatic heterocycles. The largest absolute Gasteiger partial charge is 0.332 e. The lowest BCUT2D eigenvalue weighted by Crippen LogP contribution is -2.29. The van der Waals surface area contributed by atoms with E-state index >= 15 is 0 Å². The minimum absolute atomic E-state index is 0.707. The molecule has 1 saturated heterocycles. The molecule has 0 radical (unpaired) electrons. The van der Waals surface area contributed by atoms with Gasteiger partial charge in [0.2, 0.25) is 0 Å². The summed E-state index contributed by atoms with van der Waals surface area (Å²) in [5.41, 5.74) is 1.47. The molecule has 1 unspecified atom stereocenters. The van der Waals surface area contributed by atoms with Crippen LogP contribution in [0.1, 0.15) is 50.0 Å². The molecule has 3 nitrogen and oxygen atoms in total. The van der Waals surface area contributed by atoms with Crippen LogP contribution in [-0.2, 0) is 13.0 Å². The molecular formula is C14H23N3. The zero-order valence-electron chi connectivity index (χ0n) is 10.8. The Balaban J connectivity index is 1.74. The number of imidazole rings is 1. The van der Waals surface area contributed by atoms with Crippen LogP contribution >= 0.6 is 0 Å². The predicted octanol–water partition coefficient (Wildman–Crippen LogP) is 2.32. The fraction of sp³-hybridized carbons (Fsp3) is 0.786. The highest BCUT2D eigenvalue weighted by molar-refractivity contribution is 5.13. The third-order valence-corrected chi connectivity index (χ3v) is 4.42. The van der Waals surface area contributed by atoms with Crippen LogP contribution in [0.3, 0.4) is 0 Å². The van der Waals surface area contributed by atoms with Crippen molar-refractivity contribution < 1.29 is 0 Å². The fourth-order valence-electron chi connectivity index (χ4n) is 3.29. The number of nitrogens with zero attached hydrogens (tertiary/aromatic N) is 2. The van der Waals surface area contributed by atoms with E-state index in [9.17, 15) is 0 Å². The van der Waals surface area contributed by atoms with Gasteiger partial charge in [0.15, 0.2) is 0 Å². The Morgan fingerprint density at radius 3 is 3.00 bits per heavy atom. The van der Waals surface area contributed by atoms with Crippen molar-refractivity contribution in [3.05, 3.63) is 17.7 Å². The first kappa shape index (κ1) is 11.3. The highest BCUT2D eigenvalue weighted by Gasteiger charge is 2.22. The molecule has 0 amide bonds. The maximum atomic E-state index is 4.68. The molecule has 0 bridgehead atoms. The number of piperidine rings is 1. The van der Waals surface area contributed by atoms with Crippen LogP contribution < -0.4 is 5.32 Å². The van der Waals surface area contributed by atoms with Crippen molar-refractivity contribution in [2.45, 2.75) is 51.5 Å². The van der Waals surface area contributed by atoms with Gasteiger partial charge < -0.3 is 9.88 Å². The maximum absolute atomic E-state index is 4.68. The molecule has 0 aliphatic carbocycles. The van der Waals surface area contributed by atoms with Crippen molar-refractivity contribution >= 4 is 0 Å². The summed E-state index contributed by atoms with van der Waals surface area (Å²) in [6.45, 7) is 5.91. The molecule has 0 spiro atoms. The standard InChI is InChI=1S/C14H23N3/c1-11-3-2-8-17-13(11)10-16-14(17)9-12-4-6-15-7-5-12/h10-12,15H,2-9H2,1H3. The van der Waals surface area contributed by atoms with Crippen molar-refractivity contribution in [1.29, 1.82) is 0 Å². The molecule has 3 rings (SSSR count). The van der Waals surface area contributed by atoms with E-state index in [0.29, 0.717) is 5.92 Å². The average Bonchev–Trinajstić information content (AvgIpc) is 2.76. The quantitative estimate of drug-likeness (QED) is 0.849. The van der Waals surface area contributed by atoms with Crippen LogP contribution in [0.15, 0.2) is 6.20 Å². The predicted molar refractivity (Wildman–Crippen MR) is 69.2 cm³/mol. The summed E-state index contributed by atoms with van der Waals surface area (Å²) >= 11 is 0. The minimum atomic E-state index is 0.707. The van der Waals surface area contributed by atoms with Crippen LogP contribution in [-0.4, -0.2) is 22.6 Å². The van der Waals surface area contributed by atoms with Gasteiger partial charge in [-0.25, -0.2) is 4.98 Å². The second-order valence-electron chi connectivity index (χ2n) is 5.69. The van der Waals surface area contributed by atoms with Gasteiger partial charge in [0, 0.05) is 24.9 Å². The van der Waals surface area contributed by atoms with Gasteiger partial charge in [0.05, 0.1) is 0 Å². The lowest BCUT2D eigenvalue weighted by molar-refractivity contribution is 0.357. The van der Waals surface area contributed by atoms with Gasteiger partial charge in [-0.05, 0) is 50.6 Å². The first-order valence-corrected chi connectivity index (χ1v) is 7.09. The van der Waals surface area contributed by atoms with E-state index in [2.05, 4.69) is 28.0 Å².